The Morgan fingerprint density at radius 2 is 1.94 bits per heavy atom. The van der Waals surface area contributed by atoms with E-state index in [1.54, 1.807) is 19.1 Å². The lowest BCUT2D eigenvalue weighted by molar-refractivity contribution is -0.137. The van der Waals surface area contributed by atoms with Gasteiger partial charge >= 0.3 is 11.9 Å². The Morgan fingerprint density at radius 1 is 1.28 bits per heavy atom. The number of carbonyl (C=O) groups is 2. The van der Waals surface area contributed by atoms with E-state index in [-0.39, 0.29) is 12.3 Å². The molecule has 1 aromatic rings. The maximum Gasteiger partial charge on any atom is 0.303 e. The molecule has 0 spiro atoms. The Labute approximate surface area is 106 Å². The summed E-state index contributed by atoms with van der Waals surface area (Å²) in [5.74, 6) is 3.86. The zero-order chi connectivity index (χ0) is 13.4. The van der Waals surface area contributed by atoms with Crippen LogP contribution in [0.4, 0.5) is 5.69 Å². The van der Waals surface area contributed by atoms with Crippen LogP contribution in [0.2, 0.25) is 0 Å². The van der Waals surface area contributed by atoms with E-state index >= 15 is 0 Å². The van der Waals surface area contributed by atoms with Gasteiger partial charge in [0.15, 0.2) is 0 Å². The SMILES string of the molecule is CC#CC(=O)N(CCCC(=O)O)c1ccccc1. The van der Waals surface area contributed by atoms with Crippen LogP contribution in [0, 0.1) is 11.8 Å². The molecule has 0 fully saturated rings. The highest BCUT2D eigenvalue weighted by molar-refractivity contribution is 6.05. The minimum Gasteiger partial charge on any atom is -0.481 e. The number of carboxylic acid groups (broad SMARTS) is 1. The summed E-state index contributed by atoms with van der Waals surface area (Å²) >= 11 is 0. The number of anilines is 1. The van der Waals surface area contributed by atoms with Gasteiger partial charge in [-0.05, 0) is 31.4 Å². The lowest BCUT2D eigenvalue weighted by Gasteiger charge is -2.19. The topological polar surface area (TPSA) is 57.6 Å². The monoisotopic (exact) mass is 245 g/mol. The fourth-order valence-corrected chi connectivity index (χ4v) is 1.52. The summed E-state index contributed by atoms with van der Waals surface area (Å²) in [5, 5.41) is 8.61. The molecule has 1 rings (SSSR count). The molecule has 0 heterocycles. The molecule has 1 amide bonds. The van der Waals surface area contributed by atoms with Crippen LogP contribution < -0.4 is 4.90 Å². The summed E-state index contributed by atoms with van der Waals surface area (Å²) in [7, 11) is 0. The van der Waals surface area contributed by atoms with E-state index < -0.39 is 5.97 Å². The van der Waals surface area contributed by atoms with Crippen molar-refractivity contribution in [3.05, 3.63) is 30.3 Å². The van der Waals surface area contributed by atoms with Crippen LogP contribution in [0.5, 0.6) is 0 Å². The third kappa shape index (κ3) is 4.30. The third-order valence-electron chi connectivity index (χ3n) is 2.32. The molecule has 0 unspecified atom stereocenters. The second-order valence-electron chi connectivity index (χ2n) is 3.66. The standard InChI is InChI=1S/C14H15NO3/c1-2-7-13(16)15(11-6-10-14(17)18)12-8-4-3-5-9-12/h3-5,8-9H,6,10-11H2,1H3,(H,17,18). The van der Waals surface area contributed by atoms with Gasteiger partial charge in [0.2, 0.25) is 0 Å². The van der Waals surface area contributed by atoms with Crippen molar-refractivity contribution in [2.75, 3.05) is 11.4 Å². The summed E-state index contributed by atoms with van der Waals surface area (Å²) < 4.78 is 0. The first-order chi connectivity index (χ1) is 8.65. The molecule has 4 heteroatoms. The average Bonchev–Trinajstić information content (AvgIpc) is 2.35. The normalized spacial score (nSPS) is 9.17. The fraction of sp³-hybridized carbons (Fsp3) is 0.286. The maximum atomic E-state index is 11.8. The Balaban J connectivity index is 2.78. The van der Waals surface area contributed by atoms with Crippen molar-refractivity contribution in [3.63, 3.8) is 0 Å². The van der Waals surface area contributed by atoms with Gasteiger partial charge in [-0.25, -0.2) is 0 Å². The molecule has 0 aromatic heterocycles. The first-order valence-electron chi connectivity index (χ1n) is 5.66. The van der Waals surface area contributed by atoms with E-state index in [2.05, 4.69) is 11.8 Å². The number of benzene rings is 1. The maximum absolute atomic E-state index is 11.8. The van der Waals surface area contributed by atoms with Crippen LogP contribution in [0.25, 0.3) is 0 Å². The van der Waals surface area contributed by atoms with Gasteiger partial charge < -0.3 is 10.0 Å². The Hall–Kier alpha value is -2.28. The predicted molar refractivity (Wildman–Crippen MR) is 69.1 cm³/mol. The quantitative estimate of drug-likeness (QED) is 0.806. The highest BCUT2D eigenvalue weighted by Crippen LogP contribution is 2.14. The first-order valence-corrected chi connectivity index (χ1v) is 5.66. The van der Waals surface area contributed by atoms with Crippen molar-refractivity contribution < 1.29 is 14.7 Å². The second kappa shape index (κ2) is 7.13. The number of nitrogens with zero attached hydrogens (tertiary/aromatic N) is 1. The van der Waals surface area contributed by atoms with Crippen molar-refractivity contribution in [3.8, 4) is 11.8 Å². The van der Waals surface area contributed by atoms with Gasteiger partial charge in [0.1, 0.15) is 0 Å². The molecule has 0 radical (unpaired) electrons. The van der Waals surface area contributed by atoms with Crippen molar-refractivity contribution in [2.24, 2.45) is 0 Å². The molecule has 18 heavy (non-hydrogen) atoms. The Bertz CT molecular complexity index is 471. The number of carboxylic acids is 1. The van der Waals surface area contributed by atoms with Crippen molar-refractivity contribution >= 4 is 17.6 Å². The molecule has 1 aromatic carbocycles. The van der Waals surface area contributed by atoms with E-state index in [0.717, 1.165) is 5.69 Å². The van der Waals surface area contributed by atoms with Crippen LogP contribution >= 0.6 is 0 Å². The largest absolute Gasteiger partial charge is 0.481 e. The summed E-state index contributed by atoms with van der Waals surface area (Å²) in [6.07, 6.45) is 0.442. The Kier molecular flexibility index (Phi) is 5.46. The van der Waals surface area contributed by atoms with Crippen LogP contribution in [0.15, 0.2) is 30.3 Å². The highest BCUT2D eigenvalue weighted by Gasteiger charge is 2.13. The molecule has 0 aliphatic heterocycles. The number of rotatable bonds is 5. The molecule has 0 aliphatic rings. The smallest absolute Gasteiger partial charge is 0.303 e. The molecule has 4 nitrogen and oxygen atoms in total. The predicted octanol–water partition coefficient (Wildman–Crippen LogP) is 1.91. The number of hydrogen-bond donors (Lipinski definition) is 1. The number of aliphatic carboxylic acids is 1. The minimum absolute atomic E-state index is 0.0379. The lowest BCUT2D eigenvalue weighted by Crippen LogP contribution is -2.31. The van der Waals surface area contributed by atoms with E-state index in [1.807, 2.05) is 18.2 Å². The third-order valence-corrected chi connectivity index (χ3v) is 2.32. The van der Waals surface area contributed by atoms with Crippen molar-refractivity contribution in [1.82, 2.24) is 0 Å². The summed E-state index contributed by atoms with van der Waals surface area (Å²) in [6.45, 7) is 1.95. The number of amides is 1. The molecule has 0 aliphatic carbocycles. The van der Waals surface area contributed by atoms with Crippen molar-refractivity contribution in [2.45, 2.75) is 19.8 Å². The highest BCUT2D eigenvalue weighted by atomic mass is 16.4. The zero-order valence-corrected chi connectivity index (χ0v) is 10.2. The van der Waals surface area contributed by atoms with Gasteiger partial charge in [-0.3, -0.25) is 9.59 Å². The molecule has 1 N–H and O–H groups in total. The molecular weight excluding hydrogens is 230 g/mol. The van der Waals surface area contributed by atoms with Crippen LogP contribution in [0.1, 0.15) is 19.8 Å². The Morgan fingerprint density at radius 3 is 2.50 bits per heavy atom. The van der Waals surface area contributed by atoms with E-state index in [4.69, 9.17) is 5.11 Å². The lowest BCUT2D eigenvalue weighted by atomic mass is 10.2. The number of hydrogen-bond acceptors (Lipinski definition) is 2. The summed E-state index contributed by atoms with van der Waals surface area (Å²) in [5.41, 5.74) is 0.732. The molecule has 0 bridgehead atoms. The van der Waals surface area contributed by atoms with Gasteiger partial charge in [-0.2, -0.15) is 0 Å². The van der Waals surface area contributed by atoms with Gasteiger partial charge in [-0.15, -0.1) is 0 Å². The van der Waals surface area contributed by atoms with E-state index in [9.17, 15) is 9.59 Å². The minimum atomic E-state index is -0.864. The van der Waals surface area contributed by atoms with E-state index in [0.29, 0.717) is 13.0 Å². The van der Waals surface area contributed by atoms with Crippen LogP contribution in [-0.2, 0) is 9.59 Å². The van der Waals surface area contributed by atoms with Gasteiger partial charge in [0.25, 0.3) is 0 Å². The summed E-state index contributed by atoms with van der Waals surface area (Å²) in [6, 6.07) is 9.11. The van der Waals surface area contributed by atoms with Crippen LogP contribution in [-0.4, -0.2) is 23.5 Å². The fourth-order valence-electron chi connectivity index (χ4n) is 1.52. The summed E-state index contributed by atoms with van der Waals surface area (Å²) in [4.78, 5) is 23.8. The molecule has 0 atom stereocenters. The van der Waals surface area contributed by atoms with E-state index in [1.165, 1.54) is 4.90 Å². The average molecular weight is 245 g/mol. The first kappa shape index (κ1) is 13.8. The van der Waals surface area contributed by atoms with Crippen LogP contribution in [0.3, 0.4) is 0 Å². The molecule has 94 valence electrons. The number of para-hydroxylation sites is 1. The molecule has 0 saturated heterocycles. The van der Waals surface area contributed by atoms with Gasteiger partial charge in [-0.1, -0.05) is 24.1 Å². The van der Waals surface area contributed by atoms with Crippen molar-refractivity contribution in [1.29, 1.82) is 0 Å². The molecule has 0 saturated carbocycles. The molecular formula is C14H15NO3. The zero-order valence-electron chi connectivity index (χ0n) is 10.2. The van der Waals surface area contributed by atoms with Gasteiger partial charge in [0.05, 0.1) is 0 Å². The van der Waals surface area contributed by atoms with Gasteiger partial charge in [0, 0.05) is 18.7 Å². The second-order valence-corrected chi connectivity index (χ2v) is 3.66. The number of carbonyl (C=O) groups excluding carboxylic acids is 1.